The zero-order valence-electron chi connectivity index (χ0n) is 24.0. The summed E-state index contributed by atoms with van der Waals surface area (Å²) in [5.74, 6) is 4.13. The number of phenolic OH excluding ortho intramolecular Hbond substituents is 1. The normalized spacial score (nSPS) is 19.7. The van der Waals surface area contributed by atoms with Crippen molar-refractivity contribution in [2.24, 2.45) is 17.8 Å². The summed E-state index contributed by atoms with van der Waals surface area (Å²) in [6, 6.07) is 0. The molecule has 0 saturated heterocycles. The second kappa shape index (κ2) is 13.8. The van der Waals surface area contributed by atoms with Crippen molar-refractivity contribution in [1.82, 2.24) is 0 Å². The first kappa shape index (κ1) is 29.1. The number of hydrogen-bond acceptors (Lipinski definition) is 2. The van der Waals surface area contributed by atoms with E-state index in [0.717, 1.165) is 78.7 Å². The Labute approximate surface area is 212 Å². The van der Waals surface area contributed by atoms with Gasteiger partial charge in [-0.05, 0) is 88.2 Å². The van der Waals surface area contributed by atoms with Crippen LogP contribution in [0.3, 0.4) is 0 Å². The van der Waals surface area contributed by atoms with Crippen LogP contribution in [0, 0.1) is 31.6 Å². The maximum atomic E-state index is 10.8. The Balaban J connectivity index is 1.82. The lowest BCUT2D eigenvalue weighted by atomic mass is 9.82. The maximum Gasteiger partial charge on any atom is 0.127 e. The van der Waals surface area contributed by atoms with Crippen LogP contribution >= 0.6 is 0 Å². The molecule has 0 amide bonds. The van der Waals surface area contributed by atoms with Crippen molar-refractivity contribution in [2.45, 2.75) is 151 Å². The third-order valence-electron chi connectivity index (χ3n) is 8.49. The van der Waals surface area contributed by atoms with E-state index >= 15 is 0 Å². The van der Waals surface area contributed by atoms with Crippen molar-refractivity contribution >= 4 is 0 Å². The van der Waals surface area contributed by atoms with E-state index < -0.39 is 0 Å². The molecular weight excluding hydrogens is 416 g/mol. The Morgan fingerprint density at radius 3 is 2.03 bits per heavy atom. The number of benzene rings is 1. The number of fused-ring (bicyclic) bond motifs is 1. The molecule has 0 spiro atoms. The molecule has 1 heterocycles. The molecule has 3 unspecified atom stereocenters. The predicted octanol–water partition coefficient (Wildman–Crippen LogP) is 9.87. The zero-order valence-corrected chi connectivity index (χ0v) is 24.0. The molecule has 3 atom stereocenters. The quantitative estimate of drug-likeness (QED) is 0.275. The van der Waals surface area contributed by atoms with E-state index in [1.54, 1.807) is 0 Å². The monoisotopic (exact) mass is 472 g/mol. The fourth-order valence-corrected chi connectivity index (χ4v) is 5.77. The Morgan fingerprint density at radius 1 is 0.853 bits per heavy atom. The molecule has 0 fully saturated rings. The van der Waals surface area contributed by atoms with Gasteiger partial charge in [0.25, 0.3) is 0 Å². The molecule has 0 bridgehead atoms. The first-order valence-electron chi connectivity index (χ1n) is 14.6. The number of ether oxygens (including phenoxy) is 1. The van der Waals surface area contributed by atoms with Gasteiger partial charge in [0.1, 0.15) is 17.1 Å². The molecule has 0 radical (unpaired) electrons. The van der Waals surface area contributed by atoms with Crippen LogP contribution < -0.4 is 4.74 Å². The molecule has 1 aliphatic rings. The van der Waals surface area contributed by atoms with Gasteiger partial charge in [0.2, 0.25) is 0 Å². The van der Waals surface area contributed by atoms with Crippen LogP contribution in [0.4, 0.5) is 0 Å². The third kappa shape index (κ3) is 8.49. The summed E-state index contributed by atoms with van der Waals surface area (Å²) in [5, 5.41) is 10.8. The van der Waals surface area contributed by atoms with Crippen molar-refractivity contribution in [2.75, 3.05) is 0 Å². The van der Waals surface area contributed by atoms with Gasteiger partial charge in [-0.25, -0.2) is 0 Å². The molecule has 2 heteroatoms. The van der Waals surface area contributed by atoms with Gasteiger partial charge in [0, 0.05) is 11.1 Å². The number of aromatic hydroxyl groups is 1. The molecule has 1 aromatic carbocycles. The molecule has 34 heavy (non-hydrogen) atoms. The number of unbranched alkanes of at least 4 members (excludes halogenated alkanes) is 1. The fraction of sp³-hybridized carbons (Fsp3) is 0.812. The van der Waals surface area contributed by atoms with Crippen molar-refractivity contribution < 1.29 is 9.84 Å². The molecule has 2 rings (SSSR count). The topological polar surface area (TPSA) is 29.5 Å². The molecule has 1 aliphatic heterocycles. The van der Waals surface area contributed by atoms with Crippen LogP contribution in [0.2, 0.25) is 0 Å². The molecular formula is C32H56O2. The largest absolute Gasteiger partial charge is 0.507 e. The predicted molar refractivity (Wildman–Crippen MR) is 148 cm³/mol. The van der Waals surface area contributed by atoms with Crippen LogP contribution in [-0.4, -0.2) is 10.7 Å². The SMILES string of the molecule is CCCCc1c(O)c(C)c(C)c2c1CCC(C)(CCCC(C)CCCC(C)CCCC(C)C)O2. The summed E-state index contributed by atoms with van der Waals surface area (Å²) in [6.07, 6.45) is 17.3. The van der Waals surface area contributed by atoms with Gasteiger partial charge in [0.05, 0.1) is 0 Å². The van der Waals surface area contributed by atoms with Crippen LogP contribution in [0.25, 0.3) is 0 Å². The summed E-state index contributed by atoms with van der Waals surface area (Å²) in [5.41, 5.74) is 4.49. The van der Waals surface area contributed by atoms with Gasteiger partial charge in [-0.2, -0.15) is 0 Å². The van der Waals surface area contributed by atoms with Crippen LogP contribution in [-0.2, 0) is 12.8 Å². The van der Waals surface area contributed by atoms with E-state index in [4.69, 9.17) is 4.74 Å². The van der Waals surface area contributed by atoms with E-state index in [-0.39, 0.29) is 5.60 Å². The van der Waals surface area contributed by atoms with Crippen molar-refractivity contribution in [3.05, 3.63) is 22.3 Å². The average molecular weight is 473 g/mol. The average Bonchev–Trinajstić information content (AvgIpc) is 2.77. The standard InChI is InChI=1S/C32H56O2/c1-9-10-19-28-29-20-22-32(8,34-31(29)27(7)26(6)30(28)33)21-13-18-25(5)17-12-16-24(4)15-11-14-23(2)3/h23-25,33H,9-22H2,1-8H3. The number of hydrogen-bond donors (Lipinski definition) is 1. The second-order valence-electron chi connectivity index (χ2n) is 12.4. The van der Waals surface area contributed by atoms with Crippen molar-refractivity contribution in [3.8, 4) is 11.5 Å². The highest BCUT2D eigenvalue weighted by Gasteiger charge is 2.34. The first-order chi connectivity index (χ1) is 16.1. The van der Waals surface area contributed by atoms with Crippen LogP contribution in [0.15, 0.2) is 0 Å². The van der Waals surface area contributed by atoms with Gasteiger partial charge in [0.15, 0.2) is 0 Å². The van der Waals surface area contributed by atoms with E-state index in [2.05, 4.69) is 48.5 Å². The lowest BCUT2D eigenvalue weighted by Gasteiger charge is -2.38. The first-order valence-corrected chi connectivity index (χ1v) is 14.6. The van der Waals surface area contributed by atoms with Gasteiger partial charge in [-0.1, -0.05) is 86.0 Å². The molecule has 0 saturated carbocycles. The zero-order chi connectivity index (χ0) is 25.3. The van der Waals surface area contributed by atoms with Gasteiger partial charge in [-0.3, -0.25) is 0 Å². The lowest BCUT2D eigenvalue weighted by Crippen LogP contribution is -2.37. The van der Waals surface area contributed by atoms with Crippen molar-refractivity contribution in [1.29, 1.82) is 0 Å². The smallest absolute Gasteiger partial charge is 0.127 e. The summed E-state index contributed by atoms with van der Waals surface area (Å²) < 4.78 is 6.74. The van der Waals surface area contributed by atoms with Crippen LogP contribution in [0.1, 0.15) is 141 Å². The highest BCUT2D eigenvalue weighted by molar-refractivity contribution is 5.59. The summed E-state index contributed by atoms with van der Waals surface area (Å²) in [7, 11) is 0. The Kier molecular flexibility index (Phi) is 11.8. The summed E-state index contributed by atoms with van der Waals surface area (Å²) in [4.78, 5) is 0. The third-order valence-corrected chi connectivity index (χ3v) is 8.49. The highest BCUT2D eigenvalue weighted by atomic mass is 16.5. The summed E-state index contributed by atoms with van der Waals surface area (Å²) in [6.45, 7) is 18.3. The van der Waals surface area contributed by atoms with E-state index in [1.807, 2.05) is 6.92 Å². The molecule has 0 aromatic heterocycles. The fourth-order valence-electron chi connectivity index (χ4n) is 5.77. The van der Waals surface area contributed by atoms with Crippen molar-refractivity contribution in [3.63, 3.8) is 0 Å². The maximum absolute atomic E-state index is 10.8. The molecule has 1 aromatic rings. The van der Waals surface area contributed by atoms with Crippen LogP contribution in [0.5, 0.6) is 11.5 Å². The minimum Gasteiger partial charge on any atom is -0.507 e. The molecule has 1 N–H and O–H groups in total. The van der Waals surface area contributed by atoms with E-state index in [0.29, 0.717) is 5.75 Å². The lowest BCUT2D eigenvalue weighted by molar-refractivity contribution is 0.0510. The van der Waals surface area contributed by atoms with E-state index in [9.17, 15) is 5.11 Å². The Morgan fingerprint density at radius 2 is 1.44 bits per heavy atom. The van der Waals surface area contributed by atoms with Gasteiger partial charge in [-0.15, -0.1) is 0 Å². The molecule has 196 valence electrons. The van der Waals surface area contributed by atoms with E-state index in [1.165, 1.54) is 56.9 Å². The van der Waals surface area contributed by atoms with Gasteiger partial charge >= 0.3 is 0 Å². The minimum absolute atomic E-state index is 0.0755. The molecule has 0 aliphatic carbocycles. The Bertz CT molecular complexity index is 750. The second-order valence-corrected chi connectivity index (χ2v) is 12.4. The Hall–Kier alpha value is -1.18. The number of rotatable bonds is 15. The highest BCUT2D eigenvalue weighted by Crippen LogP contribution is 2.45. The minimum atomic E-state index is -0.0755. The summed E-state index contributed by atoms with van der Waals surface area (Å²) >= 11 is 0. The molecule has 2 nitrogen and oxygen atoms in total. The number of phenols is 1. The van der Waals surface area contributed by atoms with Gasteiger partial charge < -0.3 is 9.84 Å².